The fourth-order valence-corrected chi connectivity index (χ4v) is 3.81. The first-order valence-corrected chi connectivity index (χ1v) is 7.44. The molecule has 1 aromatic heterocycles. The fourth-order valence-electron chi connectivity index (χ4n) is 3.81. The van der Waals surface area contributed by atoms with Crippen molar-refractivity contribution in [1.82, 2.24) is 15.1 Å². The Bertz CT molecular complexity index is 487. The van der Waals surface area contributed by atoms with Crippen LogP contribution in [0.25, 0.3) is 0 Å². The van der Waals surface area contributed by atoms with Crippen molar-refractivity contribution in [2.24, 2.45) is 17.8 Å². The van der Waals surface area contributed by atoms with Gasteiger partial charge in [-0.2, -0.15) is 0 Å². The van der Waals surface area contributed by atoms with Gasteiger partial charge in [0.25, 0.3) is 5.91 Å². The molecule has 0 spiro atoms. The second-order valence-corrected chi connectivity index (χ2v) is 6.17. The van der Waals surface area contributed by atoms with E-state index >= 15 is 0 Å². The molecule has 1 N–H and O–H groups in total. The fraction of sp³-hybridized carbons (Fsp3) is 0.667. The topological polar surface area (TPSA) is 58.1 Å². The van der Waals surface area contributed by atoms with Crippen molar-refractivity contribution in [2.75, 3.05) is 26.0 Å². The highest BCUT2D eigenvalue weighted by Gasteiger charge is 2.40. The third-order valence-corrected chi connectivity index (χ3v) is 4.88. The Morgan fingerprint density at radius 1 is 1.35 bits per heavy atom. The normalized spacial score (nSPS) is 27.6. The lowest BCUT2D eigenvalue weighted by molar-refractivity contribution is 0.0747. The molecule has 1 heterocycles. The molecule has 3 rings (SSSR count). The van der Waals surface area contributed by atoms with Gasteiger partial charge in [0.05, 0.1) is 0 Å². The number of amides is 1. The number of nitrogens with one attached hydrogen (secondary N) is 1. The number of carbonyl (C=O) groups excluding carboxylic acids is 1. The summed E-state index contributed by atoms with van der Waals surface area (Å²) in [5.74, 6) is 3.10. The van der Waals surface area contributed by atoms with Crippen molar-refractivity contribution in [2.45, 2.75) is 25.7 Å². The summed E-state index contributed by atoms with van der Waals surface area (Å²) in [6.07, 6.45) is 5.43. The molecule has 2 aliphatic rings. The highest BCUT2D eigenvalue weighted by molar-refractivity contribution is 5.92. The van der Waals surface area contributed by atoms with E-state index in [4.69, 9.17) is 0 Å². The van der Waals surface area contributed by atoms with Gasteiger partial charge in [-0.1, -0.05) is 6.42 Å². The van der Waals surface area contributed by atoms with Gasteiger partial charge in [0.2, 0.25) is 0 Å². The predicted molar refractivity (Wildman–Crippen MR) is 77.5 cm³/mol. The Morgan fingerprint density at radius 3 is 2.75 bits per heavy atom. The molecule has 3 atom stereocenters. The van der Waals surface area contributed by atoms with E-state index in [0.717, 1.165) is 18.4 Å². The molecule has 2 bridgehead atoms. The molecule has 2 saturated carbocycles. The zero-order valence-electron chi connectivity index (χ0n) is 12.2. The van der Waals surface area contributed by atoms with E-state index in [1.165, 1.54) is 25.7 Å². The van der Waals surface area contributed by atoms with Crippen LogP contribution in [0.3, 0.4) is 0 Å². The summed E-state index contributed by atoms with van der Waals surface area (Å²) in [5.41, 5.74) is 0.426. The number of rotatable bonds is 4. The summed E-state index contributed by atoms with van der Waals surface area (Å²) in [6, 6.07) is 3.52. The number of nitrogens with zero attached hydrogens (tertiary/aromatic N) is 3. The summed E-state index contributed by atoms with van der Waals surface area (Å²) in [4.78, 5) is 14.2. The molecular weight excluding hydrogens is 252 g/mol. The van der Waals surface area contributed by atoms with Gasteiger partial charge in [-0.15, -0.1) is 10.2 Å². The number of fused-ring (bicyclic) bond motifs is 2. The molecule has 0 aromatic carbocycles. The number of aromatic nitrogens is 2. The van der Waals surface area contributed by atoms with E-state index in [-0.39, 0.29) is 5.91 Å². The van der Waals surface area contributed by atoms with Gasteiger partial charge in [0, 0.05) is 20.6 Å². The average molecular weight is 274 g/mol. The first kappa shape index (κ1) is 13.3. The van der Waals surface area contributed by atoms with Crippen molar-refractivity contribution in [3.8, 4) is 0 Å². The lowest BCUT2D eigenvalue weighted by atomic mass is 9.88. The number of carbonyl (C=O) groups is 1. The first-order valence-electron chi connectivity index (χ1n) is 7.44. The molecule has 1 aromatic rings. The molecule has 2 fully saturated rings. The molecule has 0 saturated heterocycles. The zero-order valence-corrected chi connectivity index (χ0v) is 12.2. The smallest absolute Gasteiger partial charge is 0.274 e. The van der Waals surface area contributed by atoms with Gasteiger partial charge in [-0.3, -0.25) is 4.79 Å². The summed E-state index contributed by atoms with van der Waals surface area (Å²) in [7, 11) is 3.66. The third-order valence-electron chi connectivity index (χ3n) is 4.88. The van der Waals surface area contributed by atoms with Crippen LogP contribution in [0.15, 0.2) is 12.1 Å². The van der Waals surface area contributed by atoms with Crippen LogP contribution in [0, 0.1) is 17.8 Å². The summed E-state index contributed by atoms with van der Waals surface area (Å²) in [6.45, 7) is 0.857. The maximum atomic E-state index is 12.3. The lowest BCUT2D eigenvalue weighted by Crippen LogP contribution is -2.34. The van der Waals surface area contributed by atoms with E-state index < -0.39 is 0 Å². The minimum absolute atomic E-state index is 0.0251. The highest BCUT2D eigenvalue weighted by atomic mass is 16.2. The van der Waals surface area contributed by atoms with Crippen LogP contribution in [0.2, 0.25) is 0 Å². The van der Waals surface area contributed by atoms with Crippen molar-refractivity contribution >= 4 is 11.7 Å². The average Bonchev–Trinajstić information content (AvgIpc) is 3.09. The molecule has 5 heteroatoms. The van der Waals surface area contributed by atoms with Crippen LogP contribution in [0.4, 0.5) is 5.82 Å². The standard InChI is InChI=1S/C15H22N4O/c1-16-14-6-5-13(17-18-14)15(20)19(2)9-12-8-10-3-4-11(12)7-10/h5-6,10-12H,3-4,7-9H2,1-2H3,(H,16,18). The highest BCUT2D eigenvalue weighted by Crippen LogP contribution is 2.48. The molecule has 0 radical (unpaired) electrons. The number of hydrogen-bond acceptors (Lipinski definition) is 4. The molecule has 2 aliphatic carbocycles. The second-order valence-electron chi connectivity index (χ2n) is 6.17. The van der Waals surface area contributed by atoms with Crippen molar-refractivity contribution in [3.05, 3.63) is 17.8 Å². The SMILES string of the molecule is CNc1ccc(C(=O)N(C)CC2CC3CCC2C3)nn1. The van der Waals surface area contributed by atoms with Crippen LogP contribution in [-0.2, 0) is 0 Å². The summed E-state index contributed by atoms with van der Waals surface area (Å²) >= 11 is 0. The van der Waals surface area contributed by atoms with Crippen LogP contribution in [0.5, 0.6) is 0 Å². The maximum Gasteiger partial charge on any atom is 0.274 e. The van der Waals surface area contributed by atoms with Crippen molar-refractivity contribution in [3.63, 3.8) is 0 Å². The van der Waals surface area contributed by atoms with E-state index in [9.17, 15) is 4.79 Å². The quantitative estimate of drug-likeness (QED) is 0.912. The minimum Gasteiger partial charge on any atom is -0.372 e. The monoisotopic (exact) mass is 274 g/mol. The zero-order chi connectivity index (χ0) is 14.1. The van der Waals surface area contributed by atoms with Crippen molar-refractivity contribution < 1.29 is 4.79 Å². The third kappa shape index (κ3) is 2.49. The minimum atomic E-state index is -0.0251. The predicted octanol–water partition coefficient (Wildman–Crippen LogP) is 2.03. The summed E-state index contributed by atoms with van der Waals surface area (Å²) in [5, 5.41) is 10.9. The van der Waals surface area contributed by atoms with Crippen molar-refractivity contribution in [1.29, 1.82) is 0 Å². The van der Waals surface area contributed by atoms with Gasteiger partial charge in [0.15, 0.2) is 5.69 Å². The molecule has 0 aliphatic heterocycles. The largest absolute Gasteiger partial charge is 0.372 e. The summed E-state index contributed by atoms with van der Waals surface area (Å²) < 4.78 is 0. The van der Waals surface area contributed by atoms with E-state index in [1.807, 2.05) is 11.9 Å². The second kappa shape index (κ2) is 5.38. The van der Waals surface area contributed by atoms with Gasteiger partial charge in [-0.25, -0.2) is 0 Å². The first-order chi connectivity index (χ1) is 9.67. The molecule has 20 heavy (non-hydrogen) atoms. The van der Waals surface area contributed by atoms with E-state index in [0.29, 0.717) is 17.4 Å². The molecule has 3 unspecified atom stereocenters. The Balaban J connectivity index is 1.61. The molecule has 1 amide bonds. The van der Waals surface area contributed by atoms with E-state index in [2.05, 4.69) is 15.5 Å². The molecule has 108 valence electrons. The van der Waals surface area contributed by atoms with Crippen LogP contribution < -0.4 is 5.32 Å². The van der Waals surface area contributed by atoms with Crippen LogP contribution >= 0.6 is 0 Å². The van der Waals surface area contributed by atoms with Crippen LogP contribution in [-0.4, -0.2) is 41.6 Å². The van der Waals surface area contributed by atoms with Gasteiger partial charge < -0.3 is 10.2 Å². The van der Waals surface area contributed by atoms with Gasteiger partial charge >= 0.3 is 0 Å². The number of anilines is 1. The maximum absolute atomic E-state index is 12.3. The molecule has 5 nitrogen and oxygen atoms in total. The van der Waals surface area contributed by atoms with Crippen LogP contribution in [0.1, 0.15) is 36.2 Å². The van der Waals surface area contributed by atoms with Gasteiger partial charge in [0.1, 0.15) is 5.82 Å². The van der Waals surface area contributed by atoms with E-state index in [1.54, 1.807) is 19.2 Å². The Hall–Kier alpha value is -1.65. The Labute approximate surface area is 119 Å². The lowest BCUT2D eigenvalue weighted by Gasteiger charge is -2.27. The molecular formula is C15H22N4O. The Kier molecular flexibility index (Phi) is 3.59. The number of hydrogen-bond donors (Lipinski definition) is 1. The van der Waals surface area contributed by atoms with Gasteiger partial charge in [-0.05, 0) is 49.1 Å². The Morgan fingerprint density at radius 2 is 2.20 bits per heavy atom.